The molecule has 1 rings (SSSR count). The summed E-state index contributed by atoms with van der Waals surface area (Å²) in [6.07, 6.45) is 6.93. The van der Waals surface area contributed by atoms with E-state index >= 15 is 0 Å². The van der Waals surface area contributed by atoms with Gasteiger partial charge in [-0.2, -0.15) is 0 Å². The number of aliphatic hydroxyl groups excluding tert-OH is 3. The summed E-state index contributed by atoms with van der Waals surface area (Å²) in [7, 11) is 0. The summed E-state index contributed by atoms with van der Waals surface area (Å²) in [5, 5.41) is 38.1. The Bertz CT molecular complexity index is 384. The molecule has 1 saturated heterocycles. The first-order valence-electron chi connectivity index (χ1n) is 9.03. The van der Waals surface area contributed by atoms with Crippen molar-refractivity contribution in [1.29, 1.82) is 0 Å². The molecule has 0 radical (unpaired) electrons. The zero-order valence-electron chi connectivity index (χ0n) is 14.5. The van der Waals surface area contributed by atoms with Gasteiger partial charge >= 0.3 is 5.97 Å². The van der Waals surface area contributed by atoms with Gasteiger partial charge in [0.05, 0.1) is 30.5 Å². The van der Waals surface area contributed by atoms with E-state index in [9.17, 15) is 20.1 Å². The Morgan fingerprint density at radius 2 is 1.83 bits per heavy atom. The van der Waals surface area contributed by atoms with E-state index in [1.54, 1.807) is 6.08 Å². The highest BCUT2D eigenvalue weighted by atomic mass is 16.5. The van der Waals surface area contributed by atoms with E-state index < -0.39 is 30.4 Å². The second-order valence-electron chi connectivity index (χ2n) is 6.57. The molecule has 5 atom stereocenters. The SMILES string of the molecule is CC[C@H](O)/C=C/[C@@H](O)[C@@H]1C[C@H](O)[C@H](CCCCCCCC(=O)O)O1. The van der Waals surface area contributed by atoms with Gasteiger partial charge in [-0.25, -0.2) is 0 Å². The Morgan fingerprint density at radius 3 is 2.50 bits per heavy atom. The number of ether oxygens (including phenoxy) is 1. The van der Waals surface area contributed by atoms with Crippen LogP contribution in [0.25, 0.3) is 0 Å². The molecule has 0 aliphatic carbocycles. The quantitative estimate of drug-likeness (QED) is 0.319. The molecule has 0 bridgehead atoms. The second-order valence-corrected chi connectivity index (χ2v) is 6.57. The van der Waals surface area contributed by atoms with E-state index in [0.29, 0.717) is 19.3 Å². The van der Waals surface area contributed by atoms with E-state index in [1.165, 1.54) is 6.08 Å². The lowest BCUT2D eigenvalue weighted by Gasteiger charge is -2.17. The lowest BCUT2D eigenvalue weighted by atomic mass is 10.0. The fourth-order valence-electron chi connectivity index (χ4n) is 2.90. The summed E-state index contributed by atoms with van der Waals surface area (Å²) in [5.74, 6) is -0.748. The molecule has 0 aromatic carbocycles. The molecular formula is C18H32O6. The van der Waals surface area contributed by atoms with Gasteiger partial charge in [0, 0.05) is 12.8 Å². The predicted octanol–water partition coefficient (Wildman–Crippen LogP) is 2.01. The third-order valence-corrected chi connectivity index (χ3v) is 4.46. The summed E-state index contributed by atoms with van der Waals surface area (Å²) in [4.78, 5) is 10.4. The number of aliphatic hydroxyl groups is 3. The Kier molecular flexibility index (Phi) is 10.2. The summed E-state index contributed by atoms with van der Waals surface area (Å²) < 4.78 is 5.75. The fraction of sp³-hybridized carbons (Fsp3) is 0.833. The van der Waals surface area contributed by atoms with Gasteiger partial charge in [0.1, 0.15) is 0 Å². The van der Waals surface area contributed by atoms with E-state index in [-0.39, 0.29) is 12.5 Å². The Hall–Kier alpha value is -0.950. The number of hydrogen-bond donors (Lipinski definition) is 4. The van der Waals surface area contributed by atoms with Crippen molar-refractivity contribution in [2.24, 2.45) is 0 Å². The van der Waals surface area contributed by atoms with Crippen LogP contribution in [0.5, 0.6) is 0 Å². The third kappa shape index (κ3) is 8.24. The Balaban J connectivity index is 2.19. The average molecular weight is 344 g/mol. The Morgan fingerprint density at radius 1 is 1.17 bits per heavy atom. The lowest BCUT2D eigenvalue weighted by Crippen LogP contribution is -2.25. The summed E-state index contributed by atoms with van der Waals surface area (Å²) in [6.45, 7) is 1.86. The van der Waals surface area contributed by atoms with Crippen molar-refractivity contribution in [2.75, 3.05) is 0 Å². The normalized spacial score (nSPS) is 26.8. The second kappa shape index (κ2) is 11.6. The lowest BCUT2D eigenvalue weighted by molar-refractivity contribution is -0.137. The Labute approximate surface area is 144 Å². The average Bonchev–Trinajstić information content (AvgIpc) is 2.92. The van der Waals surface area contributed by atoms with Crippen LogP contribution in [0.1, 0.15) is 64.7 Å². The van der Waals surface area contributed by atoms with E-state index in [1.807, 2.05) is 6.92 Å². The van der Waals surface area contributed by atoms with Gasteiger partial charge < -0.3 is 25.2 Å². The minimum Gasteiger partial charge on any atom is -0.481 e. The molecule has 4 N–H and O–H groups in total. The number of rotatable bonds is 12. The first kappa shape index (κ1) is 21.1. The number of aliphatic carboxylic acids is 1. The molecule has 6 heteroatoms. The molecule has 1 fully saturated rings. The van der Waals surface area contributed by atoms with E-state index in [4.69, 9.17) is 9.84 Å². The van der Waals surface area contributed by atoms with Gasteiger partial charge in [-0.1, -0.05) is 44.8 Å². The summed E-state index contributed by atoms with van der Waals surface area (Å²) in [6, 6.07) is 0. The maximum Gasteiger partial charge on any atom is 0.303 e. The molecule has 0 unspecified atom stereocenters. The van der Waals surface area contributed by atoms with Crippen molar-refractivity contribution >= 4 is 5.97 Å². The topological polar surface area (TPSA) is 107 Å². The molecular weight excluding hydrogens is 312 g/mol. The van der Waals surface area contributed by atoms with Crippen LogP contribution < -0.4 is 0 Å². The van der Waals surface area contributed by atoms with E-state index in [0.717, 1.165) is 32.1 Å². The maximum absolute atomic E-state index is 10.4. The minimum atomic E-state index is -0.818. The highest BCUT2D eigenvalue weighted by molar-refractivity contribution is 5.66. The number of carboxylic acids is 1. The molecule has 0 spiro atoms. The molecule has 0 aromatic rings. The molecule has 1 heterocycles. The summed E-state index contributed by atoms with van der Waals surface area (Å²) >= 11 is 0. The molecule has 24 heavy (non-hydrogen) atoms. The van der Waals surface area contributed by atoms with Crippen molar-refractivity contribution in [3.8, 4) is 0 Å². The van der Waals surface area contributed by atoms with Crippen molar-refractivity contribution in [3.05, 3.63) is 12.2 Å². The number of hydrogen-bond acceptors (Lipinski definition) is 5. The number of unbranched alkanes of at least 4 members (excludes halogenated alkanes) is 4. The van der Waals surface area contributed by atoms with Gasteiger partial charge in [0.25, 0.3) is 0 Å². The van der Waals surface area contributed by atoms with Gasteiger partial charge in [-0.3, -0.25) is 4.79 Å². The van der Waals surface area contributed by atoms with Crippen LogP contribution in [0, 0.1) is 0 Å². The standard InChI is InChI=1S/C18H32O6/c1-2-13(19)10-11-14(20)17-12-15(21)16(24-17)8-6-4-3-5-7-9-18(22)23/h10-11,13-17,19-21H,2-9,12H2,1H3,(H,22,23)/b11-10+/t13-,14+,15-,16-,17-/m0/s1. The van der Waals surface area contributed by atoms with E-state index in [2.05, 4.69) is 0 Å². The zero-order chi connectivity index (χ0) is 17.9. The highest BCUT2D eigenvalue weighted by Gasteiger charge is 2.36. The van der Waals surface area contributed by atoms with Crippen LogP contribution in [0.15, 0.2) is 12.2 Å². The van der Waals surface area contributed by atoms with Crippen molar-refractivity contribution < 1.29 is 30.0 Å². The van der Waals surface area contributed by atoms with Crippen molar-refractivity contribution in [3.63, 3.8) is 0 Å². The maximum atomic E-state index is 10.4. The smallest absolute Gasteiger partial charge is 0.303 e. The van der Waals surface area contributed by atoms with Crippen LogP contribution in [0.3, 0.4) is 0 Å². The van der Waals surface area contributed by atoms with Crippen LogP contribution in [-0.4, -0.2) is 56.9 Å². The number of carbonyl (C=O) groups is 1. The molecule has 6 nitrogen and oxygen atoms in total. The van der Waals surface area contributed by atoms with Gasteiger partial charge in [0.2, 0.25) is 0 Å². The molecule has 140 valence electrons. The van der Waals surface area contributed by atoms with Crippen LogP contribution >= 0.6 is 0 Å². The monoisotopic (exact) mass is 344 g/mol. The molecule has 0 aromatic heterocycles. The summed E-state index contributed by atoms with van der Waals surface area (Å²) in [5.41, 5.74) is 0. The highest BCUT2D eigenvalue weighted by Crippen LogP contribution is 2.27. The number of carboxylic acid groups (broad SMARTS) is 1. The predicted molar refractivity (Wildman–Crippen MR) is 90.7 cm³/mol. The fourth-order valence-corrected chi connectivity index (χ4v) is 2.90. The van der Waals surface area contributed by atoms with Crippen LogP contribution in [0.2, 0.25) is 0 Å². The van der Waals surface area contributed by atoms with Crippen LogP contribution in [0.4, 0.5) is 0 Å². The minimum absolute atomic E-state index is 0.226. The van der Waals surface area contributed by atoms with Gasteiger partial charge in [0.15, 0.2) is 0 Å². The molecule has 0 amide bonds. The third-order valence-electron chi connectivity index (χ3n) is 4.46. The van der Waals surface area contributed by atoms with Crippen molar-refractivity contribution in [1.82, 2.24) is 0 Å². The largest absolute Gasteiger partial charge is 0.481 e. The molecule has 0 saturated carbocycles. The van der Waals surface area contributed by atoms with Gasteiger partial charge in [-0.05, 0) is 19.3 Å². The molecule has 1 aliphatic rings. The van der Waals surface area contributed by atoms with Crippen molar-refractivity contribution in [2.45, 2.75) is 95.2 Å². The van der Waals surface area contributed by atoms with Gasteiger partial charge in [-0.15, -0.1) is 0 Å². The van der Waals surface area contributed by atoms with Crippen LogP contribution in [-0.2, 0) is 9.53 Å². The molecule has 1 aliphatic heterocycles. The zero-order valence-corrected chi connectivity index (χ0v) is 14.5. The first-order valence-corrected chi connectivity index (χ1v) is 9.03. The first-order chi connectivity index (χ1) is 11.4.